The molecule has 1 aliphatic heterocycles. The third-order valence-electron chi connectivity index (χ3n) is 3.21. The van der Waals surface area contributed by atoms with E-state index in [1.54, 1.807) is 6.07 Å². The summed E-state index contributed by atoms with van der Waals surface area (Å²) in [5.74, 6) is 1.23. The fourth-order valence-electron chi connectivity index (χ4n) is 2.16. The van der Waals surface area contributed by atoms with Gasteiger partial charge in [0.05, 0.1) is 4.47 Å². The molecular formula is C15H13BrFNO2. The number of hydrogen-bond donors (Lipinski definition) is 1. The number of aryl methyl sites for hydroxylation is 1. The van der Waals surface area contributed by atoms with Crippen LogP contribution in [0.2, 0.25) is 0 Å². The Balaban J connectivity index is 1.81. The molecule has 2 aromatic carbocycles. The second-order valence-electron chi connectivity index (χ2n) is 4.59. The van der Waals surface area contributed by atoms with Gasteiger partial charge in [0.15, 0.2) is 11.5 Å². The van der Waals surface area contributed by atoms with Crippen molar-refractivity contribution in [2.24, 2.45) is 0 Å². The fourth-order valence-corrected chi connectivity index (χ4v) is 2.61. The number of ether oxygens (including phenoxy) is 2. The van der Waals surface area contributed by atoms with Gasteiger partial charge < -0.3 is 14.8 Å². The highest BCUT2D eigenvalue weighted by Gasteiger charge is 2.17. The Kier molecular flexibility index (Phi) is 3.53. The standard InChI is InChI=1S/C15H13BrFNO2/c1-9-5-11(16)12(17)6-13(9)18-7-10-3-2-4-14-15(10)20-8-19-14/h2-6,18H,7-8H2,1H3. The van der Waals surface area contributed by atoms with Gasteiger partial charge in [-0.25, -0.2) is 4.39 Å². The van der Waals surface area contributed by atoms with Crippen LogP contribution in [0.25, 0.3) is 0 Å². The van der Waals surface area contributed by atoms with Gasteiger partial charge in [-0.05, 0) is 46.6 Å². The summed E-state index contributed by atoms with van der Waals surface area (Å²) in [5.41, 5.74) is 2.73. The van der Waals surface area contributed by atoms with Crippen LogP contribution in [0.15, 0.2) is 34.8 Å². The van der Waals surface area contributed by atoms with E-state index in [1.165, 1.54) is 6.07 Å². The van der Waals surface area contributed by atoms with Crippen LogP contribution in [0.1, 0.15) is 11.1 Å². The summed E-state index contributed by atoms with van der Waals surface area (Å²) in [6.07, 6.45) is 0. The molecule has 0 radical (unpaired) electrons. The van der Waals surface area contributed by atoms with Crippen LogP contribution in [0, 0.1) is 12.7 Å². The third kappa shape index (κ3) is 2.45. The number of fused-ring (bicyclic) bond motifs is 1. The monoisotopic (exact) mass is 337 g/mol. The van der Waals surface area contributed by atoms with Crippen LogP contribution in [-0.2, 0) is 6.54 Å². The molecule has 104 valence electrons. The molecule has 0 atom stereocenters. The van der Waals surface area contributed by atoms with Crippen LogP contribution < -0.4 is 14.8 Å². The molecule has 0 saturated heterocycles. The molecule has 0 spiro atoms. The van der Waals surface area contributed by atoms with Crippen LogP contribution in [0.4, 0.5) is 10.1 Å². The van der Waals surface area contributed by atoms with E-state index in [2.05, 4.69) is 21.2 Å². The van der Waals surface area contributed by atoms with Crippen LogP contribution >= 0.6 is 15.9 Å². The Bertz CT molecular complexity index is 661. The van der Waals surface area contributed by atoms with Crippen molar-refractivity contribution >= 4 is 21.6 Å². The van der Waals surface area contributed by atoms with Crippen molar-refractivity contribution in [1.29, 1.82) is 0 Å². The first-order valence-electron chi connectivity index (χ1n) is 6.22. The number of rotatable bonds is 3. The molecule has 1 heterocycles. The Morgan fingerprint density at radius 1 is 1.30 bits per heavy atom. The highest BCUT2D eigenvalue weighted by Crippen LogP contribution is 2.35. The molecule has 0 saturated carbocycles. The van der Waals surface area contributed by atoms with E-state index in [4.69, 9.17) is 9.47 Å². The summed E-state index contributed by atoms with van der Waals surface area (Å²) in [6.45, 7) is 2.73. The van der Waals surface area contributed by atoms with Crippen molar-refractivity contribution in [3.05, 3.63) is 51.7 Å². The highest BCUT2D eigenvalue weighted by atomic mass is 79.9. The molecule has 0 unspecified atom stereocenters. The molecule has 0 aromatic heterocycles. The molecular weight excluding hydrogens is 325 g/mol. The number of benzene rings is 2. The van der Waals surface area contributed by atoms with Gasteiger partial charge in [-0.2, -0.15) is 0 Å². The summed E-state index contributed by atoms with van der Waals surface area (Å²) >= 11 is 3.18. The molecule has 1 aliphatic rings. The predicted molar refractivity (Wildman–Crippen MR) is 78.7 cm³/mol. The van der Waals surface area contributed by atoms with Gasteiger partial charge in [0.2, 0.25) is 6.79 Å². The fraction of sp³-hybridized carbons (Fsp3) is 0.200. The molecule has 1 N–H and O–H groups in total. The second-order valence-corrected chi connectivity index (χ2v) is 5.44. The lowest BCUT2D eigenvalue weighted by molar-refractivity contribution is 0.173. The Morgan fingerprint density at radius 2 is 2.15 bits per heavy atom. The molecule has 0 aliphatic carbocycles. The van der Waals surface area contributed by atoms with E-state index in [1.807, 2.05) is 25.1 Å². The minimum atomic E-state index is -0.282. The maximum absolute atomic E-state index is 13.6. The maximum atomic E-state index is 13.6. The van der Waals surface area contributed by atoms with Gasteiger partial charge in [0.25, 0.3) is 0 Å². The van der Waals surface area contributed by atoms with E-state index in [0.717, 1.165) is 28.3 Å². The zero-order valence-corrected chi connectivity index (χ0v) is 12.5. The third-order valence-corrected chi connectivity index (χ3v) is 3.82. The number of nitrogens with one attached hydrogen (secondary N) is 1. The summed E-state index contributed by atoms with van der Waals surface area (Å²) in [4.78, 5) is 0. The predicted octanol–water partition coefficient (Wildman–Crippen LogP) is 4.24. The molecule has 0 fully saturated rings. The van der Waals surface area contributed by atoms with Crippen molar-refractivity contribution in [2.75, 3.05) is 12.1 Å². The first-order chi connectivity index (χ1) is 9.65. The lowest BCUT2D eigenvalue weighted by Crippen LogP contribution is -2.03. The smallest absolute Gasteiger partial charge is 0.231 e. The molecule has 0 bridgehead atoms. The maximum Gasteiger partial charge on any atom is 0.231 e. The first kappa shape index (κ1) is 13.2. The van der Waals surface area contributed by atoms with Crippen LogP contribution in [0.5, 0.6) is 11.5 Å². The zero-order chi connectivity index (χ0) is 14.1. The summed E-state index contributed by atoms with van der Waals surface area (Å²) in [7, 11) is 0. The second kappa shape index (κ2) is 5.32. The quantitative estimate of drug-likeness (QED) is 0.908. The summed E-state index contributed by atoms with van der Waals surface area (Å²) in [5, 5.41) is 3.23. The normalized spacial score (nSPS) is 12.6. The minimum absolute atomic E-state index is 0.248. The molecule has 3 nitrogen and oxygen atoms in total. The topological polar surface area (TPSA) is 30.5 Å². The lowest BCUT2D eigenvalue weighted by Gasteiger charge is -2.12. The highest BCUT2D eigenvalue weighted by molar-refractivity contribution is 9.10. The van der Waals surface area contributed by atoms with Crippen LogP contribution in [0.3, 0.4) is 0 Å². The molecule has 3 rings (SSSR count). The number of hydrogen-bond acceptors (Lipinski definition) is 3. The van der Waals surface area contributed by atoms with Crippen LogP contribution in [-0.4, -0.2) is 6.79 Å². The van der Waals surface area contributed by atoms with Crippen molar-refractivity contribution in [2.45, 2.75) is 13.5 Å². The van der Waals surface area contributed by atoms with Gasteiger partial charge in [-0.3, -0.25) is 0 Å². The number of para-hydroxylation sites is 1. The van der Waals surface area contributed by atoms with Crippen molar-refractivity contribution in [3.8, 4) is 11.5 Å². The number of anilines is 1. The van der Waals surface area contributed by atoms with Gasteiger partial charge >= 0.3 is 0 Å². The van der Waals surface area contributed by atoms with E-state index in [-0.39, 0.29) is 12.6 Å². The van der Waals surface area contributed by atoms with Gasteiger partial charge in [0, 0.05) is 17.8 Å². The van der Waals surface area contributed by atoms with Gasteiger partial charge in [-0.1, -0.05) is 12.1 Å². The van der Waals surface area contributed by atoms with E-state index < -0.39 is 0 Å². The Labute approximate surface area is 124 Å². The van der Waals surface area contributed by atoms with Crippen molar-refractivity contribution in [1.82, 2.24) is 0 Å². The number of halogens is 2. The molecule has 0 amide bonds. The molecule has 5 heteroatoms. The van der Waals surface area contributed by atoms with E-state index in [9.17, 15) is 4.39 Å². The zero-order valence-electron chi connectivity index (χ0n) is 10.9. The largest absolute Gasteiger partial charge is 0.454 e. The van der Waals surface area contributed by atoms with Gasteiger partial charge in [0.1, 0.15) is 5.82 Å². The first-order valence-corrected chi connectivity index (χ1v) is 7.01. The summed E-state index contributed by atoms with van der Waals surface area (Å²) in [6, 6.07) is 8.99. The minimum Gasteiger partial charge on any atom is -0.454 e. The Morgan fingerprint density at radius 3 is 3.00 bits per heavy atom. The lowest BCUT2D eigenvalue weighted by atomic mass is 10.1. The average molecular weight is 338 g/mol. The molecule has 20 heavy (non-hydrogen) atoms. The molecule has 2 aromatic rings. The van der Waals surface area contributed by atoms with Crippen molar-refractivity contribution < 1.29 is 13.9 Å². The van der Waals surface area contributed by atoms with Crippen molar-refractivity contribution in [3.63, 3.8) is 0 Å². The Hall–Kier alpha value is -1.75. The summed E-state index contributed by atoms with van der Waals surface area (Å²) < 4.78 is 24.8. The van der Waals surface area contributed by atoms with E-state index in [0.29, 0.717) is 11.0 Å². The van der Waals surface area contributed by atoms with Gasteiger partial charge in [-0.15, -0.1) is 0 Å². The average Bonchev–Trinajstić information content (AvgIpc) is 2.90. The van der Waals surface area contributed by atoms with E-state index >= 15 is 0 Å². The SMILES string of the molecule is Cc1cc(Br)c(F)cc1NCc1cccc2c1OCO2.